The Bertz CT molecular complexity index is 1540. The predicted octanol–water partition coefficient (Wildman–Crippen LogP) is 6.25. The van der Waals surface area contributed by atoms with Crippen LogP contribution in [-0.2, 0) is 4.79 Å². The van der Waals surface area contributed by atoms with E-state index in [-0.39, 0.29) is 22.7 Å². The van der Waals surface area contributed by atoms with Gasteiger partial charge in [0.25, 0.3) is 11.8 Å². The number of rotatable bonds is 9. The first-order valence-electron chi connectivity index (χ1n) is 11.7. The largest absolute Gasteiger partial charge is 0.495 e. The predicted molar refractivity (Wildman–Crippen MR) is 148 cm³/mol. The van der Waals surface area contributed by atoms with Crippen LogP contribution in [0.3, 0.4) is 0 Å². The summed E-state index contributed by atoms with van der Waals surface area (Å²) in [4.78, 5) is 37.8. The van der Waals surface area contributed by atoms with Crippen molar-refractivity contribution >= 4 is 41.1 Å². The summed E-state index contributed by atoms with van der Waals surface area (Å²) in [6.07, 6.45) is 1.48. The zero-order valence-corrected chi connectivity index (χ0v) is 21.4. The summed E-state index contributed by atoms with van der Waals surface area (Å²) in [6, 6.07) is 26.3. The molecule has 2 amide bonds. The van der Waals surface area contributed by atoms with Gasteiger partial charge in [-0.2, -0.15) is 0 Å². The van der Waals surface area contributed by atoms with Gasteiger partial charge in [-0.1, -0.05) is 41.9 Å². The van der Waals surface area contributed by atoms with Crippen molar-refractivity contribution in [3.63, 3.8) is 0 Å². The van der Waals surface area contributed by atoms with Gasteiger partial charge in [-0.25, -0.2) is 4.79 Å². The first-order chi connectivity index (χ1) is 18.8. The number of amides is 2. The van der Waals surface area contributed by atoms with E-state index in [0.29, 0.717) is 27.6 Å². The Hall–Kier alpha value is -5.08. The van der Waals surface area contributed by atoms with E-state index >= 15 is 0 Å². The van der Waals surface area contributed by atoms with Gasteiger partial charge in [-0.3, -0.25) is 9.59 Å². The zero-order valence-electron chi connectivity index (χ0n) is 20.7. The maximum Gasteiger partial charge on any atom is 0.335 e. The molecule has 39 heavy (non-hydrogen) atoms. The maximum absolute atomic E-state index is 13.4. The third-order valence-electron chi connectivity index (χ3n) is 5.44. The molecule has 0 saturated carbocycles. The van der Waals surface area contributed by atoms with Crippen molar-refractivity contribution in [2.75, 3.05) is 12.4 Å². The minimum atomic E-state index is -1.17. The topological polar surface area (TPSA) is 114 Å². The minimum Gasteiger partial charge on any atom is -0.495 e. The molecule has 4 aromatic rings. The molecule has 8 nitrogen and oxygen atoms in total. The average molecular weight is 543 g/mol. The number of halogens is 1. The smallest absolute Gasteiger partial charge is 0.335 e. The third kappa shape index (κ3) is 7.24. The number of carbonyl (C=O) groups excluding carboxylic acids is 2. The van der Waals surface area contributed by atoms with Crippen LogP contribution in [0.1, 0.15) is 26.3 Å². The number of benzene rings is 4. The Morgan fingerprint density at radius 1 is 0.821 bits per heavy atom. The van der Waals surface area contributed by atoms with E-state index in [1.54, 1.807) is 78.9 Å². The number of carboxylic acid groups (broad SMARTS) is 1. The molecule has 0 aromatic heterocycles. The molecular weight excluding hydrogens is 520 g/mol. The lowest BCUT2D eigenvalue weighted by atomic mass is 10.1. The molecule has 0 fully saturated rings. The second-order valence-corrected chi connectivity index (χ2v) is 8.62. The second kappa shape index (κ2) is 12.4. The van der Waals surface area contributed by atoms with E-state index in [9.17, 15) is 19.5 Å². The molecule has 0 unspecified atom stereocenters. The van der Waals surface area contributed by atoms with E-state index in [4.69, 9.17) is 21.1 Å². The quantitative estimate of drug-likeness (QED) is 0.215. The van der Waals surface area contributed by atoms with E-state index in [1.807, 2.05) is 0 Å². The van der Waals surface area contributed by atoms with Crippen molar-refractivity contribution in [1.82, 2.24) is 5.32 Å². The summed E-state index contributed by atoms with van der Waals surface area (Å²) in [7, 11) is 1.39. The van der Waals surface area contributed by atoms with Gasteiger partial charge < -0.3 is 25.2 Å². The fraction of sp³-hybridized carbons (Fsp3) is 0.0333. The van der Waals surface area contributed by atoms with E-state index in [0.717, 1.165) is 0 Å². The van der Waals surface area contributed by atoms with Gasteiger partial charge >= 0.3 is 5.97 Å². The molecule has 0 heterocycles. The number of nitrogens with one attached hydrogen (secondary N) is 2. The molecule has 9 heteroatoms. The summed E-state index contributed by atoms with van der Waals surface area (Å²) < 4.78 is 11.1. The Morgan fingerprint density at radius 3 is 2.26 bits per heavy atom. The van der Waals surface area contributed by atoms with Gasteiger partial charge in [-0.05, 0) is 78.4 Å². The number of anilines is 1. The molecule has 196 valence electrons. The van der Waals surface area contributed by atoms with Crippen molar-refractivity contribution in [2.24, 2.45) is 0 Å². The average Bonchev–Trinajstić information content (AvgIpc) is 2.94. The van der Waals surface area contributed by atoms with Gasteiger partial charge in [0.05, 0.1) is 18.4 Å². The fourth-order valence-electron chi connectivity index (χ4n) is 3.54. The van der Waals surface area contributed by atoms with E-state index in [1.165, 1.54) is 31.4 Å². The van der Waals surface area contributed by atoms with Crippen LogP contribution >= 0.6 is 11.6 Å². The monoisotopic (exact) mass is 542 g/mol. The molecule has 0 saturated heterocycles. The first-order valence-corrected chi connectivity index (χ1v) is 12.0. The standard InChI is InChI=1S/C30H23ClN2O6/c1-38-27-15-10-21(30(36)37)18-25(27)32-29(35)26(33-28(34)20-7-3-2-4-8-20)17-19-6-5-9-24(16-19)39-23-13-11-22(31)12-14-23/h2-18H,1H3,(H,32,35)(H,33,34)(H,36,37)/b26-17-. The highest BCUT2D eigenvalue weighted by Gasteiger charge is 2.18. The lowest BCUT2D eigenvalue weighted by Gasteiger charge is -2.14. The molecule has 0 aliphatic heterocycles. The number of hydrogen-bond donors (Lipinski definition) is 3. The van der Waals surface area contributed by atoms with Gasteiger partial charge in [0.15, 0.2) is 0 Å². The normalized spacial score (nSPS) is 10.9. The van der Waals surface area contributed by atoms with Crippen LogP contribution < -0.4 is 20.1 Å². The van der Waals surface area contributed by atoms with E-state index < -0.39 is 17.8 Å². The van der Waals surface area contributed by atoms with Crippen LogP contribution in [0.2, 0.25) is 5.02 Å². The van der Waals surface area contributed by atoms with Crippen LogP contribution in [-0.4, -0.2) is 30.0 Å². The third-order valence-corrected chi connectivity index (χ3v) is 5.69. The summed E-state index contributed by atoms with van der Waals surface area (Å²) in [6.45, 7) is 0. The Kier molecular flexibility index (Phi) is 8.60. The van der Waals surface area contributed by atoms with Crippen molar-refractivity contribution < 1.29 is 29.0 Å². The number of carboxylic acids is 1. The van der Waals surface area contributed by atoms with Gasteiger partial charge in [0, 0.05) is 10.6 Å². The molecule has 0 atom stereocenters. The molecule has 0 spiro atoms. The lowest BCUT2D eigenvalue weighted by Crippen LogP contribution is -2.30. The minimum absolute atomic E-state index is 0.0444. The van der Waals surface area contributed by atoms with Crippen LogP contribution in [0.15, 0.2) is 103 Å². The summed E-state index contributed by atoms with van der Waals surface area (Å²) >= 11 is 5.94. The Morgan fingerprint density at radius 2 is 1.56 bits per heavy atom. The fourth-order valence-corrected chi connectivity index (χ4v) is 3.67. The molecule has 0 bridgehead atoms. The number of methoxy groups -OCH3 is 1. The molecule has 0 aliphatic carbocycles. The summed E-state index contributed by atoms with van der Waals surface area (Å²) in [5.74, 6) is -1.04. The molecular formula is C30H23ClN2O6. The second-order valence-electron chi connectivity index (χ2n) is 8.18. The highest BCUT2D eigenvalue weighted by molar-refractivity contribution is 6.30. The summed E-state index contributed by atoms with van der Waals surface area (Å²) in [5.41, 5.74) is 0.905. The molecule has 4 aromatic carbocycles. The van der Waals surface area contributed by atoms with Gasteiger partial charge in [0.2, 0.25) is 0 Å². The molecule has 0 aliphatic rings. The number of aromatic carboxylic acids is 1. The van der Waals surface area contributed by atoms with Crippen LogP contribution in [0, 0.1) is 0 Å². The van der Waals surface area contributed by atoms with Crippen LogP contribution in [0.4, 0.5) is 5.69 Å². The summed E-state index contributed by atoms with van der Waals surface area (Å²) in [5, 5.41) is 15.2. The number of carbonyl (C=O) groups is 3. The highest BCUT2D eigenvalue weighted by Crippen LogP contribution is 2.27. The lowest BCUT2D eigenvalue weighted by molar-refractivity contribution is -0.113. The highest BCUT2D eigenvalue weighted by atomic mass is 35.5. The van der Waals surface area contributed by atoms with Crippen molar-refractivity contribution in [3.8, 4) is 17.2 Å². The SMILES string of the molecule is COc1ccc(C(=O)O)cc1NC(=O)/C(=C/c1cccc(Oc2ccc(Cl)cc2)c1)NC(=O)c1ccccc1. The van der Waals surface area contributed by atoms with Crippen LogP contribution in [0.5, 0.6) is 17.2 Å². The molecule has 0 radical (unpaired) electrons. The molecule has 3 N–H and O–H groups in total. The number of hydrogen-bond acceptors (Lipinski definition) is 5. The Labute approximate surface area is 229 Å². The van der Waals surface area contributed by atoms with Crippen molar-refractivity contribution in [1.29, 1.82) is 0 Å². The molecule has 4 rings (SSSR count). The van der Waals surface area contributed by atoms with Crippen molar-refractivity contribution in [2.45, 2.75) is 0 Å². The van der Waals surface area contributed by atoms with Crippen LogP contribution in [0.25, 0.3) is 6.08 Å². The van der Waals surface area contributed by atoms with Gasteiger partial charge in [-0.15, -0.1) is 0 Å². The van der Waals surface area contributed by atoms with E-state index in [2.05, 4.69) is 10.6 Å². The zero-order chi connectivity index (χ0) is 27.8. The maximum atomic E-state index is 13.4. The van der Waals surface area contributed by atoms with Gasteiger partial charge in [0.1, 0.15) is 22.9 Å². The number of ether oxygens (including phenoxy) is 2. The van der Waals surface area contributed by atoms with Crippen molar-refractivity contribution in [3.05, 3.63) is 124 Å². The first kappa shape index (κ1) is 27.0. The Balaban J connectivity index is 1.66.